The van der Waals surface area contributed by atoms with Crippen LogP contribution in [0.2, 0.25) is 0 Å². The molecule has 0 amide bonds. The van der Waals surface area contributed by atoms with Gasteiger partial charge in [0.15, 0.2) is 0 Å². The first-order valence-corrected chi connectivity index (χ1v) is 7.77. The van der Waals surface area contributed by atoms with E-state index in [2.05, 4.69) is 4.72 Å². The number of nitrogens with two attached hydrogens (primary N) is 1. The van der Waals surface area contributed by atoms with Crippen molar-refractivity contribution >= 4 is 10.0 Å². The molecular weight excluding hydrogens is 262 g/mol. The van der Waals surface area contributed by atoms with Crippen LogP contribution < -0.4 is 10.5 Å². The fourth-order valence-corrected chi connectivity index (χ4v) is 3.86. The molecule has 0 radical (unpaired) electrons. The van der Waals surface area contributed by atoms with Crippen LogP contribution in [0.5, 0.6) is 0 Å². The van der Waals surface area contributed by atoms with Crippen molar-refractivity contribution in [1.29, 1.82) is 5.26 Å². The second-order valence-electron chi connectivity index (χ2n) is 4.79. The minimum Gasteiger partial charge on any atom is -0.330 e. The van der Waals surface area contributed by atoms with Gasteiger partial charge in [0.2, 0.25) is 10.0 Å². The maximum Gasteiger partial charge on any atom is 0.240 e. The van der Waals surface area contributed by atoms with Crippen LogP contribution in [0.25, 0.3) is 0 Å². The quantitative estimate of drug-likeness (QED) is 0.858. The zero-order valence-corrected chi connectivity index (χ0v) is 11.4. The van der Waals surface area contributed by atoms with Crippen LogP contribution in [0.15, 0.2) is 29.2 Å². The zero-order valence-electron chi connectivity index (χ0n) is 10.5. The maximum absolute atomic E-state index is 12.3. The molecule has 19 heavy (non-hydrogen) atoms. The maximum atomic E-state index is 12.3. The molecule has 102 valence electrons. The largest absolute Gasteiger partial charge is 0.330 e. The van der Waals surface area contributed by atoms with Gasteiger partial charge in [-0.05, 0) is 43.5 Å². The molecule has 5 nitrogen and oxygen atoms in total. The first kappa shape index (κ1) is 14.0. The van der Waals surface area contributed by atoms with Crippen LogP contribution in [-0.2, 0) is 10.0 Å². The molecule has 3 N–H and O–H groups in total. The summed E-state index contributed by atoms with van der Waals surface area (Å²) in [6.07, 6.45) is 2.77. The van der Waals surface area contributed by atoms with Gasteiger partial charge in [-0.1, -0.05) is 12.5 Å². The predicted octanol–water partition coefficient (Wildman–Crippen LogP) is 0.964. The van der Waals surface area contributed by atoms with E-state index in [0.29, 0.717) is 12.1 Å². The smallest absolute Gasteiger partial charge is 0.240 e. The monoisotopic (exact) mass is 279 g/mol. The van der Waals surface area contributed by atoms with Gasteiger partial charge in [-0.2, -0.15) is 5.26 Å². The van der Waals surface area contributed by atoms with Crippen molar-refractivity contribution < 1.29 is 8.42 Å². The van der Waals surface area contributed by atoms with Gasteiger partial charge in [0.1, 0.15) is 0 Å². The average molecular weight is 279 g/mol. The predicted molar refractivity (Wildman–Crippen MR) is 71.7 cm³/mol. The Morgan fingerprint density at radius 3 is 2.89 bits per heavy atom. The molecule has 1 fully saturated rings. The Balaban J connectivity index is 2.20. The molecule has 1 aliphatic rings. The molecule has 6 heteroatoms. The summed E-state index contributed by atoms with van der Waals surface area (Å²) in [7, 11) is -3.58. The van der Waals surface area contributed by atoms with Crippen LogP contribution in [0.1, 0.15) is 24.8 Å². The summed E-state index contributed by atoms with van der Waals surface area (Å²) in [5.41, 5.74) is 5.99. The van der Waals surface area contributed by atoms with Crippen molar-refractivity contribution in [3.63, 3.8) is 0 Å². The van der Waals surface area contributed by atoms with Gasteiger partial charge in [0.25, 0.3) is 0 Å². The van der Waals surface area contributed by atoms with E-state index in [1.54, 1.807) is 12.1 Å². The minimum atomic E-state index is -3.58. The second-order valence-corrected chi connectivity index (χ2v) is 6.51. The van der Waals surface area contributed by atoms with E-state index in [0.717, 1.165) is 19.3 Å². The van der Waals surface area contributed by atoms with Crippen LogP contribution in [-0.4, -0.2) is 21.0 Å². The van der Waals surface area contributed by atoms with Crippen molar-refractivity contribution in [1.82, 2.24) is 4.72 Å². The van der Waals surface area contributed by atoms with Crippen LogP contribution in [0.4, 0.5) is 0 Å². The van der Waals surface area contributed by atoms with Crippen LogP contribution in [0.3, 0.4) is 0 Å². The van der Waals surface area contributed by atoms with Gasteiger partial charge in [-0.3, -0.25) is 0 Å². The molecule has 0 aliphatic heterocycles. The van der Waals surface area contributed by atoms with Gasteiger partial charge < -0.3 is 5.73 Å². The van der Waals surface area contributed by atoms with Crippen LogP contribution >= 0.6 is 0 Å². The SMILES string of the molecule is N#Cc1cccc(S(=O)(=O)NC2CCCC2CN)c1. The normalized spacial score (nSPS) is 23.2. The number of rotatable bonds is 4. The zero-order chi connectivity index (χ0) is 13.9. The molecule has 0 saturated heterocycles. The minimum absolute atomic E-state index is 0.0965. The lowest BCUT2D eigenvalue weighted by molar-refractivity contribution is 0.453. The molecule has 0 bridgehead atoms. The van der Waals surface area contributed by atoms with Gasteiger partial charge in [0, 0.05) is 6.04 Å². The molecule has 1 aliphatic carbocycles. The van der Waals surface area contributed by atoms with Crippen molar-refractivity contribution in [2.24, 2.45) is 11.7 Å². The molecule has 1 aromatic rings. The highest BCUT2D eigenvalue weighted by atomic mass is 32.2. The van der Waals surface area contributed by atoms with Crippen LogP contribution in [0, 0.1) is 17.2 Å². The van der Waals surface area contributed by atoms with Crippen molar-refractivity contribution in [2.45, 2.75) is 30.2 Å². The summed E-state index contributed by atoms with van der Waals surface area (Å²) < 4.78 is 27.2. The van der Waals surface area contributed by atoms with Gasteiger partial charge in [-0.15, -0.1) is 0 Å². The summed E-state index contributed by atoms with van der Waals surface area (Å²) in [6.45, 7) is 0.491. The molecule has 0 aromatic heterocycles. The number of sulfonamides is 1. The fraction of sp³-hybridized carbons (Fsp3) is 0.462. The lowest BCUT2D eigenvalue weighted by Gasteiger charge is -2.19. The van der Waals surface area contributed by atoms with Crippen molar-refractivity contribution in [3.8, 4) is 6.07 Å². The van der Waals surface area contributed by atoms with E-state index in [9.17, 15) is 8.42 Å². The highest BCUT2D eigenvalue weighted by molar-refractivity contribution is 7.89. The van der Waals surface area contributed by atoms with E-state index < -0.39 is 10.0 Å². The summed E-state index contributed by atoms with van der Waals surface area (Å²) >= 11 is 0. The lowest BCUT2D eigenvalue weighted by Crippen LogP contribution is -2.39. The van der Waals surface area contributed by atoms with Gasteiger partial charge >= 0.3 is 0 Å². The Hall–Kier alpha value is -1.42. The van der Waals surface area contributed by atoms with E-state index in [1.165, 1.54) is 12.1 Å². The lowest BCUT2D eigenvalue weighted by atomic mass is 10.1. The van der Waals surface area contributed by atoms with E-state index in [-0.39, 0.29) is 16.9 Å². The Labute approximate surface area is 113 Å². The number of nitrogens with zero attached hydrogens (tertiary/aromatic N) is 1. The molecule has 2 rings (SSSR count). The van der Waals surface area contributed by atoms with E-state index in [1.807, 2.05) is 6.07 Å². The Kier molecular flexibility index (Phi) is 4.20. The highest BCUT2D eigenvalue weighted by Gasteiger charge is 2.30. The summed E-state index contributed by atoms with van der Waals surface area (Å²) in [6, 6.07) is 7.88. The third kappa shape index (κ3) is 3.13. The number of hydrogen-bond acceptors (Lipinski definition) is 4. The number of hydrogen-bond donors (Lipinski definition) is 2. The first-order valence-electron chi connectivity index (χ1n) is 6.29. The molecule has 1 saturated carbocycles. The summed E-state index contributed by atoms with van der Waals surface area (Å²) in [5.74, 6) is 0.203. The first-order chi connectivity index (χ1) is 9.06. The Morgan fingerprint density at radius 1 is 1.42 bits per heavy atom. The summed E-state index contributed by atoms with van der Waals surface area (Å²) in [4.78, 5) is 0.134. The molecular formula is C13H17N3O2S. The topological polar surface area (TPSA) is 96.0 Å². The fourth-order valence-electron chi connectivity index (χ4n) is 2.47. The molecule has 2 atom stereocenters. The second kappa shape index (κ2) is 5.70. The molecule has 2 unspecified atom stereocenters. The average Bonchev–Trinajstić information content (AvgIpc) is 2.85. The number of benzene rings is 1. The third-order valence-corrected chi connectivity index (χ3v) is 5.03. The van der Waals surface area contributed by atoms with E-state index in [4.69, 9.17) is 11.0 Å². The van der Waals surface area contributed by atoms with Crippen molar-refractivity contribution in [3.05, 3.63) is 29.8 Å². The molecule has 0 heterocycles. The number of nitrogens with one attached hydrogen (secondary N) is 1. The highest BCUT2D eigenvalue weighted by Crippen LogP contribution is 2.26. The van der Waals surface area contributed by atoms with Gasteiger partial charge in [-0.25, -0.2) is 13.1 Å². The Bertz CT molecular complexity index is 592. The standard InChI is InChI=1S/C13H17N3O2S/c14-8-10-3-1-5-12(7-10)19(17,18)16-13-6-2-4-11(13)9-15/h1,3,5,7,11,13,16H,2,4,6,9,15H2. The molecule has 1 aromatic carbocycles. The van der Waals surface area contributed by atoms with E-state index >= 15 is 0 Å². The van der Waals surface area contributed by atoms with Crippen molar-refractivity contribution in [2.75, 3.05) is 6.54 Å². The summed E-state index contributed by atoms with van der Waals surface area (Å²) in [5, 5.41) is 8.81. The molecule has 0 spiro atoms. The third-order valence-electron chi connectivity index (χ3n) is 3.54. The number of nitriles is 1. The van der Waals surface area contributed by atoms with Gasteiger partial charge in [0.05, 0.1) is 16.5 Å². The Morgan fingerprint density at radius 2 is 2.21 bits per heavy atom.